The normalized spacial score (nSPS) is 20.9. The monoisotopic (exact) mass is 429 g/mol. The molecule has 1 aromatic rings. The second-order valence-corrected chi connectivity index (χ2v) is 9.26. The number of hydrogen-bond donors (Lipinski definition) is 1. The van der Waals surface area contributed by atoms with Gasteiger partial charge in [-0.2, -0.15) is 0 Å². The van der Waals surface area contributed by atoms with Gasteiger partial charge in [-0.05, 0) is 50.0 Å². The Balaban J connectivity index is 1.89. The first kappa shape index (κ1) is 18.8. The Kier molecular flexibility index (Phi) is 5.53. The minimum atomic E-state index is -3.69. The highest BCUT2D eigenvalue weighted by molar-refractivity contribution is 9.10. The van der Waals surface area contributed by atoms with Gasteiger partial charge in [0.15, 0.2) is 0 Å². The fraction of sp³-hybridized carbons (Fsp3) is 0.588. The standard InChI is InChI=1S/C17H24BrN3O3S/c1-3-20-7-4-5-15(20)11-19-25(23,24)16-10-14(18)9-13-6-8-21(12(2)22)17(13)16/h9-10,15,19H,3-8,11H2,1-2H3. The Morgan fingerprint density at radius 2 is 2.12 bits per heavy atom. The van der Waals surface area contributed by atoms with Crippen molar-refractivity contribution in [2.45, 2.75) is 44.0 Å². The fourth-order valence-electron chi connectivity index (χ4n) is 3.82. The van der Waals surface area contributed by atoms with Crippen LogP contribution < -0.4 is 9.62 Å². The molecule has 0 radical (unpaired) electrons. The van der Waals surface area contributed by atoms with Crippen molar-refractivity contribution < 1.29 is 13.2 Å². The van der Waals surface area contributed by atoms with E-state index >= 15 is 0 Å². The van der Waals surface area contributed by atoms with E-state index in [1.54, 1.807) is 11.0 Å². The molecule has 1 unspecified atom stereocenters. The topological polar surface area (TPSA) is 69.7 Å². The lowest BCUT2D eigenvalue weighted by Gasteiger charge is -2.24. The van der Waals surface area contributed by atoms with Gasteiger partial charge in [-0.3, -0.25) is 9.69 Å². The van der Waals surface area contributed by atoms with Gasteiger partial charge in [-0.1, -0.05) is 22.9 Å². The second-order valence-electron chi connectivity index (χ2n) is 6.61. The van der Waals surface area contributed by atoms with Crippen molar-refractivity contribution in [3.63, 3.8) is 0 Å². The highest BCUT2D eigenvalue weighted by atomic mass is 79.9. The number of likely N-dealkylation sites (N-methyl/N-ethyl adjacent to an activating group) is 1. The van der Waals surface area contributed by atoms with E-state index in [-0.39, 0.29) is 16.8 Å². The zero-order chi connectivity index (χ0) is 18.2. The molecule has 3 rings (SSSR count). The maximum atomic E-state index is 13.0. The number of amides is 1. The summed E-state index contributed by atoms with van der Waals surface area (Å²) in [5, 5.41) is 0. The number of halogens is 1. The Bertz CT molecular complexity index is 782. The van der Waals surface area contributed by atoms with E-state index < -0.39 is 10.0 Å². The molecule has 1 saturated heterocycles. The van der Waals surface area contributed by atoms with Crippen LogP contribution in [0.4, 0.5) is 5.69 Å². The number of nitrogens with one attached hydrogen (secondary N) is 1. The number of carbonyl (C=O) groups is 1. The van der Waals surface area contributed by atoms with Crippen molar-refractivity contribution in [2.75, 3.05) is 31.1 Å². The molecule has 1 atom stereocenters. The van der Waals surface area contributed by atoms with Gasteiger partial charge in [0, 0.05) is 30.5 Å². The summed E-state index contributed by atoms with van der Waals surface area (Å²) in [7, 11) is -3.69. The number of likely N-dealkylation sites (tertiary alicyclic amines) is 1. The van der Waals surface area contributed by atoms with Crippen LogP contribution in [0.15, 0.2) is 21.5 Å². The minimum absolute atomic E-state index is 0.134. The number of fused-ring (bicyclic) bond motifs is 1. The van der Waals surface area contributed by atoms with E-state index in [4.69, 9.17) is 0 Å². The van der Waals surface area contributed by atoms with Gasteiger partial charge in [0.25, 0.3) is 0 Å². The molecular weight excluding hydrogens is 406 g/mol. The molecule has 1 aromatic carbocycles. The molecule has 0 aromatic heterocycles. The summed E-state index contributed by atoms with van der Waals surface area (Å²) in [4.78, 5) is 16.0. The first-order chi connectivity index (χ1) is 11.8. The van der Waals surface area contributed by atoms with E-state index in [9.17, 15) is 13.2 Å². The SMILES string of the molecule is CCN1CCCC1CNS(=O)(=O)c1cc(Br)cc2c1N(C(C)=O)CC2. The molecule has 0 bridgehead atoms. The predicted molar refractivity (Wildman–Crippen MR) is 101 cm³/mol. The summed E-state index contributed by atoms with van der Waals surface area (Å²) in [6.07, 6.45) is 2.78. The molecule has 2 aliphatic heterocycles. The highest BCUT2D eigenvalue weighted by Crippen LogP contribution is 2.37. The number of sulfonamides is 1. The first-order valence-electron chi connectivity index (χ1n) is 8.67. The molecule has 0 saturated carbocycles. The van der Waals surface area contributed by atoms with Gasteiger partial charge in [0.1, 0.15) is 4.90 Å². The molecule has 2 heterocycles. The minimum Gasteiger partial charge on any atom is -0.311 e. The van der Waals surface area contributed by atoms with Crippen molar-refractivity contribution in [1.82, 2.24) is 9.62 Å². The van der Waals surface area contributed by atoms with E-state index in [1.165, 1.54) is 6.92 Å². The van der Waals surface area contributed by atoms with Gasteiger partial charge >= 0.3 is 0 Å². The summed E-state index contributed by atoms with van der Waals surface area (Å²) < 4.78 is 29.4. The van der Waals surface area contributed by atoms with Crippen LogP contribution in [0.2, 0.25) is 0 Å². The molecule has 1 N–H and O–H groups in total. The molecule has 1 amide bonds. The largest absolute Gasteiger partial charge is 0.311 e. The van der Waals surface area contributed by atoms with Crippen LogP contribution in [0.5, 0.6) is 0 Å². The van der Waals surface area contributed by atoms with Gasteiger partial charge in [-0.25, -0.2) is 13.1 Å². The molecule has 0 aliphatic carbocycles. The third-order valence-electron chi connectivity index (χ3n) is 5.08. The van der Waals surface area contributed by atoms with E-state index in [0.717, 1.165) is 31.5 Å². The molecule has 25 heavy (non-hydrogen) atoms. The smallest absolute Gasteiger partial charge is 0.242 e. The van der Waals surface area contributed by atoms with Crippen molar-refractivity contribution >= 4 is 37.5 Å². The first-order valence-corrected chi connectivity index (χ1v) is 11.0. The number of hydrogen-bond acceptors (Lipinski definition) is 4. The molecular formula is C17H24BrN3O3S. The zero-order valence-electron chi connectivity index (χ0n) is 14.6. The summed E-state index contributed by atoms with van der Waals surface area (Å²) in [5.74, 6) is -0.134. The van der Waals surface area contributed by atoms with Crippen molar-refractivity contribution in [3.8, 4) is 0 Å². The lowest BCUT2D eigenvalue weighted by atomic mass is 10.2. The lowest BCUT2D eigenvalue weighted by molar-refractivity contribution is -0.116. The van der Waals surface area contributed by atoms with E-state index in [2.05, 4.69) is 32.5 Å². The molecule has 6 nitrogen and oxygen atoms in total. The molecule has 1 fully saturated rings. The summed E-state index contributed by atoms with van der Waals surface area (Å²) in [6.45, 7) is 6.44. The van der Waals surface area contributed by atoms with Crippen LogP contribution in [0, 0.1) is 0 Å². The van der Waals surface area contributed by atoms with Crippen LogP contribution in [-0.4, -0.2) is 51.4 Å². The molecule has 2 aliphatic rings. The van der Waals surface area contributed by atoms with Gasteiger partial charge in [-0.15, -0.1) is 0 Å². The summed E-state index contributed by atoms with van der Waals surface area (Å²) in [6, 6.07) is 3.73. The third kappa shape index (κ3) is 3.77. The van der Waals surface area contributed by atoms with Gasteiger partial charge in [0.05, 0.1) is 5.69 Å². The predicted octanol–water partition coefficient (Wildman–Crippen LogP) is 2.12. The van der Waals surface area contributed by atoms with Crippen LogP contribution in [0.1, 0.15) is 32.3 Å². The van der Waals surface area contributed by atoms with Crippen LogP contribution in [0.25, 0.3) is 0 Å². The van der Waals surface area contributed by atoms with Crippen molar-refractivity contribution in [3.05, 3.63) is 22.2 Å². The molecule has 138 valence electrons. The van der Waals surface area contributed by atoms with Crippen molar-refractivity contribution in [1.29, 1.82) is 0 Å². The second kappa shape index (κ2) is 7.34. The summed E-state index contributed by atoms with van der Waals surface area (Å²) in [5.41, 5.74) is 1.42. The Morgan fingerprint density at radius 3 is 2.80 bits per heavy atom. The quantitative estimate of drug-likeness (QED) is 0.777. The fourth-order valence-corrected chi connectivity index (χ4v) is 5.82. The average Bonchev–Trinajstić information content (AvgIpc) is 3.18. The van der Waals surface area contributed by atoms with E-state index in [1.807, 2.05) is 6.07 Å². The molecule has 0 spiro atoms. The van der Waals surface area contributed by atoms with Crippen LogP contribution in [-0.2, 0) is 21.2 Å². The third-order valence-corrected chi connectivity index (χ3v) is 6.97. The number of benzene rings is 1. The Morgan fingerprint density at radius 1 is 1.36 bits per heavy atom. The zero-order valence-corrected chi connectivity index (χ0v) is 17.0. The lowest BCUT2D eigenvalue weighted by Crippen LogP contribution is -2.40. The van der Waals surface area contributed by atoms with Crippen LogP contribution in [0.3, 0.4) is 0 Å². The maximum absolute atomic E-state index is 13.0. The molecule has 8 heteroatoms. The van der Waals surface area contributed by atoms with Gasteiger partial charge < -0.3 is 4.90 Å². The number of anilines is 1. The summed E-state index contributed by atoms with van der Waals surface area (Å²) >= 11 is 3.40. The van der Waals surface area contributed by atoms with Crippen LogP contribution >= 0.6 is 15.9 Å². The highest BCUT2D eigenvalue weighted by Gasteiger charge is 2.32. The average molecular weight is 430 g/mol. The number of nitrogens with zero attached hydrogens (tertiary/aromatic N) is 2. The Hall–Kier alpha value is -0.960. The van der Waals surface area contributed by atoms with Crippen molar-refractivity contribution in [2.24, 2.45) is 0 Å². The maximum Gasteiger partial charge on any atom is 0.242 e. The number of carbonyl (C=O) groups excluding carboxylic acids is 1. The van der Waals surface area contributed by atoms with Gasteiger partial charge in [0.2, 0.25) is 15.9 Å². The Labute approximate surface area is 157 Å². The number of rotatable bonds is 5. The van der Waals surface area contributed by atoms with E-state index in [0.29, 0.717) is 29.7 Å².